The van der Waals surface area contributed by atoms with Gasteiger partial charge < -0.3 is 0 Å². The van der Waals surface area contributed by atoms with Crippen LogP contribution in [0.1, 0.15) is 11.3 Å². The third-order valence-electron chi connectivity index (χ3n) is 2.27. The average Bonchev–Trinajstić information content (AvgIpc) is 2.20. The van der Waals surface area contributed by atoms with Crippen LogP contribution in [-0.2, 0) is 0 Å². The molecular weight excluding hydrogens is 172 g/mol. The first-order valence-corrected chi connectivity index (χ1v) is 4.62. The molecule has 0 aliphatic carbocycles. The lowest BCUT2D eigenvalue weighted by molar-refractivity contribution is 1.17. The van der Waals surface area contributed by atoms with Crippen molar-refractivity contribution in [3.63, 3.8) is 0 Å². The predicted molar refractivity (Wildman–Crippen MR) is 56.9 cm³/mol. The predicted octanol–water partition coefficient (Wildman–Crippen LogP) is 2.76. The van der Waals surface area contributed by atoms with Gasteiger partial charge in [0.25, 0.3) is 0 Å². The second-order valence-corrected chi connectivity index (χ2v) is 3.31. The Morgan fingerprint density at radius 2 is 1.64 bits per heavy atom. The molecule has 0 aromatic carbocycles. The van der Waals surface area contributed by atoms with E-state index in [1.807, 2.05) is 25.3 Å². The van der Waals surface area contributed by atoms with E-state index in [4.69, 9.17) is 0 Å². The van der Waals surface area contributed by atoms with E-state index < -0.39 is 0 Å². The van der Waals surface area contributed by atoms with Gasteiger partial charge in [0.05, 0.1) is 5.69 Å². The first kappa shape index (κ1) is 8.88. The third kappa shape index (κ3) is 1.51. The Bertz CT molecular complexity index is 406. The number of aryl methyl sites for hydroxylation is 2. The van der Waals surface area contributed by atoms with Gasteiger partial charge in [-0.15, -0.1) is 0 Å². The van der Waals surface area contributed by atoms with Crippen LogP contribution < -0.4 is 0 Å². The van der Waals surface area contributed by atoms with E-state index >= 15 is 0 Å². The van der Waals surface area contributed by atoms with Crippen molar-refractivity contribution in [2.75, 3.05) is 0 Å². The molecule has 0 spiro atoms. The molecule has 2 nitrogen and oxygen atoms in total. The standard InChI is InChI=1S/C12H12N2/c1-9-5-3-8-14-12(9)11-6-4-7-13-10(11)2/h3-8H,1-2H3. The minimum Gasteiger partial charge on any atom is -0.261 e. The van der Waals surface area contributed by atoms with Gasteiger partial charge >= 0.3 is 0 Å². The zero-order chi connectivity index (χ0) is 9.97. The molecular formula is C12H12N2. The molecule has 0 fully saturated rings. The van der Waals surface area contributed by atoms with E-state index in [-0.39, 0.29) is 0 Å². The quantitative estimate of drug-likeness (QED) is 0.681. The molecule has 0 radical (unpaired) electrons. The lowest BCUT2D eigenvalue weighted by Crippen LogP contribution is -1.91. The van der Waals surface area contributed by atoms with Crippen LogP contribution in [0, 0.1) is 13.8 Å². The maximum Gasteiger partial charge on any atom is 0.0749 e. The van der Waals surface area contributed by atoms with Crippen LogP contribution in [0.25, 0.3) is 11.3 Å². The maximum atomic E-state index is 4.37. The van der Waals surface area contributed by atoms with E-state index in [9.17, 15) is 0 Å². The van der Waals surface area contributed by atoms with E-state index in [1.54, 1.807) is 6.20 Å². The van der Waals surface area contributed by atoms with Crippen LogP contribution in [-0.4, -0.2) is 9.97 Å². The number of hydrogen-bond acceptors (Lipinski definition) is 2. The summed E-state index contributed by atoms with van der Waals surface area (Å²) in [7, 11) is 0. The van der Waals surface area contributed by atoms with Crippen LogP contribution >= 0.6 is 0 Å². The number of aromatic nitrogens is 2. The third-order valence-corrected chi connectivity index (χ3v) is 2.27. The molecule has 0 N–H and O–H groups in total. The summed E-state index contributed by atoms with van der Waals surface area (Å²) in [4.78, 5) is 8.63. The summed E-state index contributed by atoms with van der Waals surface area (Å²) < 4.78 is 0. The molecule has 2 rings (SSSR count). The van der Waals surface area contributed by atoms with Crippen molar-refractivity contribution in [1.29, 1.82) is 0 Å². The van der Waals surface area contributed by atoms with Gasteiger partial charge in [-0.3, -0.25) is 9.97 Å². The molecule has 2 heterocycles. The Labute approximate surface area is 83.7 Å². The fourth-order valence-corrected chi connectivity index (χ4v) is 1.50. The fourth-order valence-electron chi connectivity index (χ4n) is 1.50. The molecule has 0 unspecified atom stereocenters. The van der Waals surface area contributed by atoms with Crippen LogP contribution in [0.2, 0.25) is 0 Å². The highest BCUT2D eigenvalue weighted by Gasteiger charge is 2.05. The molecule has 70 valence electrons. The largest absolute Gasteiger partial charge is 0.261 e. The van der Waals surface area contributed by atoms with Gasteiger partial charge in [-0.25, -0.2) is 0 Å². The second kappa shape index (κ2) is 3.58. The van der Waals surface area contributed by atoms with Crippen molar-refractivity contribution in [2.24, 2.45) is 0 Å². The molecule has 0 aliphatic heterocycles. The molecule has 0 bridgehead atoms. The lowest BCUT2D eigenvalue weighted by atomic mass is 10.1. The Hall–Kier alpha value is -1.70. The van der Waals surface area contributed by atoms with Crippen LogP contribution in [0.3, 0.4) is 0 Å². The second-order valence-electron chi connectivity index (χ2n) is 3.31. The monoisotopic (exact) mass is 184 g/mol. The molecule has 2 aromatic rings. The van der Waals surface area contributed by atoms with Gasteiger partial charge in [0, 0.05) is 23.7 Å². The summed E-state index contributed by atoms with van der Waals surface area (Å²) in [5.41, 5.74) is 4.35. The van der Waals surface area contributed by atoms with Crippen molar-refractivity contribution in [1.82, 2.24) is 9.97 Å². The summed E-state index contributed by atoms with van der Waals surface area (Å²) in [6, 6.07) is 8.01. The summed E-state index contributed by atoms with van der Waals surface area (Å²) in [5, 5.41) is 0. The van der Waals surface area contributed by atoms with E-state index in [0.717, 1.165) is 17.0 Å². The normalized spacial score (nSPS) is 10.1. The maximum absolute atomic E-state index is 4.37. The highest BCUT2D eigenvalue weighted by molar-refractivity contribution is 5.64. The summed E-state index contributed by atoms with van der Waals surface area (Å²) >= 11 is 0. The number of nitrogens with zero attached hydrogens (tertiary/aromatic N) is 2. The molecule has 0 saturated heterocycles. The first-order chi connectivity index (χ1) is 6.79. The fraction of sp³-hybridized carbons (Fsp3) is 0.167. The molecule has 0 saturated carbocycles. The molecule has 2 aromatic heterocycles. The van der Waals surface area contributed by atoms with Gasteiger partial charge in [0.2, 0.25) is 0 Å². The molecule has 14 heavy (non-hydrogen) atoms. The van der Waals surface area contributed by atoms with E-state index in [0.29, 0.717) is 0 Å². The van der Waals surface area contributed by atoms with Crippen molar-refractivity contribution in [3.8, 4) is 11.3 Å². The zero-order valence-corrected chi connectivity index (χ0v) is 8.36. The van der Waals surface area contributed by atoms with Gasteiger partial charge in [-0.1, -0.05) is 6.07 Å². The van der Waals surface area contributed by atoms with E-state index in [2.05, 4.69) is 29.0 Å². The summed E-state index contributed by atoms with van der Waals surface area (Å²) in [6.07, 6.45) is 3.62. The topological polar surface area (TPSA) is 25.8 Å². The minimum atomic E-state index is 1.02. The Balaban J connectivity index is 2.61. The van der Waals surface area contributed by atoms with Crippen LogP contribution in [0.5, 0.6) is 0 Å². The first-order valence-electron chi connectivity index (χ1n) is 4.62. The van der Waals surface area contributed by atoms with Crippen molar-refractivity contribution < 1.29 is 0 Å². The van der Waals surface area contributed by atoms with E-state index in [1.165, 1.54) is 5.56 Å². The highest BCUT2D eigenvalue weighted by Crippen LogP contribution is 2.21. The number of pyridine rings is 2. The Morgan fingerprint density at radius 1 is 0.929 bits per heavy atom. The van der Waals surface area contributed by atoms with Gasteiger partial charge in [-0.2, -0.15) is 0 Å². The van der Waals surface area contributed by atoms with Gasteiger partial charge in [-0.05, 0) is 37.6 Å². The van der Waals surface area contributed by atoms with Crippen LogP contribution in [0.15, 0.2) is 36.7 Å². The SMILES string of the molecule is Cc1cccnc1-c1cccnc1C. The minimum absolute atomic E-state index is 1.02. The Kier molecular flexibility index (Phi) is 2.27. The van der Waals surface area contributed by atoms with Crippen molar-refractivity contribution >= 4 is 0 Å². The average molecular weight is 184 g/mol. The summed E-state index contributed by atoms with van der Waals surface area (Å²) in [5.74, 6) is 0. The Morgan fingerprint density at radius 3 is 2.36 bits per heavy atom. The van der Waals surface area contributed by atoms with Crippen molar-refractivity contribution in [3.05, 3.63) is 47.9 Å². The molecule has 0 atom stereocenters. The van der Waals surface area contributed by atoms with Gasteiger partial charge in [0.1, 0.15) is 0 Å². The number of hydrogen-bond donors (Lipinski definition) is 0. The zero-order valence-electron chi connectivity index (χ0n) is 8.36. The highest BCUT2D eigenvalue weighted by atomic mass is 14.7. The van der Waals surface area contributed by atoms with Crippen molar-refractivity contribution in [2.45, 2.75) is 13.8 Å². The van der Waals surface area contributed by atoms with Crippen LogP contribution in [0.4, 0.5) is 0 Å². The molecule has 0 aliphatic rings. The number of rotatable bonds is 1. The molecule has 2 heteroatoms. The smallest absolute Gasteiger partial charge is 0.0749 e. The lowest BCUT2D eigenvalue weighted by Gasteiger charge is -2.06. The van der Waals surface area contributed by atoms with Gasteiger partial charge in [0.15, 0.2) is 0 Å². The molecule has 0 amide bonds. The summed E-state index contributed by atoms with van der Waals surface area (Å²) in [6.45, 7) is 4.07.